The van der Waals surface area contributed by atoms with Gasteiger partial charge in [0.2, 0.25) is 0 Å². The summed E-state index contributed by atoms with van der Waals surface area (Å²) in [6.45, 7) is 5.48. The van der Waals surface area contributed by atoms with E-state index in [1.807, 2.05) is 19.1 Å². The third kappa shape index (κ3) is 1.28. The fraction of sp³-hybridized carbons (Fsp3) is 0.100. The Morgan fingerprint density at radius 3 is 2.77 bits per heavy atom. The number of hydrogen-bond donors (Lipinski definition) is 0. The zero-order chi connectivity index (χ0) is 9.42. The molecule has 1 aliphatic rings. The zero-order valence-electron chi connectivity index (χ0n) is 7.24. The van der Waals surface area contributed by atoms with Gasteiger partial charge in [-0.25, -0.2) is 9.98 Å². The number of nitrogens with zero attached hydrogens (tertiary/aromatic N) is 2. The van der Waals surface area contributed by atoms with Gasteiger partial charge in [-0.15, -0.1) is 0 Å². The Morgan fingerprint density at radius 2 is 2.00 bits per heavy atom. The number of amides is 1. The molecule has 0 aliphatic carbocycles. The van der Waals surface area contributed by atoms with Crippen molar-refractivity contribution in [3.05, 3.63) is 46.8 Å². The van der Waals surface area contributed by atoms with Gasteiger partial charge in [-0.3, -0.25) is 4.79 Å². The van der Waals surface area contributed by atoms with Crippen LogP contribution in [0.4, 0.5) is 0 Å². The highest BCUT2D eigenvalue weighted by molar-refractivity contribution is 5.93. The Kier molecular flexibility index (Phi) is 1.59. The van der Waals surface area contributed by atoms with E-state index < -0.39 is 0 Å². The van der Waals surface area contributed by atoms with Gasteiger partial charge in [0.05, 0.1) is 10.7 Å². The Labute approximate surface area is 75.1 Å². The lowest BCUT2D eigenvalue weighted by Crippen LogP contribution is -2.30. The summed E-state index contributed by atoms with van der Waals surface area (Å²) in [6.07, 6.45) is 0. The number of rotatable bonds is 0. The molecule has 1 heterocycles. The highest BCUT2D eigenvalue weighted by atomic mass is 16.1. The third-order valence-electron chi connectivity index (χ3n) is 1.86. The minimum atomic E-state index is -0.351. The predicted molar refractivity (Wildman–Crippen MR) is 47.6 cm³/mol. The molecular formula is C10H8N2O. The highest BCUT2D eigenvalue weighted by Gasteiger charge is 2.08. The van der Waals surface area contributed by atoms with E-state index in [0.717, 1.165) is 10.9 Å². The minimum Gasteiger partial charge on any atom is -0.265 e. The van der Waals surface area contributed by atoms with Crippen LogP contribution in [0.2, 0.25) is 0 Å². The van der Waals surface area contributed by atoms with E-state index in [-0.39, 0.29) is 11.6 Å². The molecule has 0 saturated heterocycles. The summed E-state index contributed by atoms with van der Waals surface area (Å²) in [5, 5.41) is 1.35. The van der Waals surface area contributed by atoms with Gasteiger partial charge in [0.1, 0.15) is 5.70 Å². The summed E-state index contributed by atoms with van der Waals surface area (Å²) in [5.74, 6) is -0.351. The summed E-state index contributed by atoms with van der Waals surface area (Å²) >= 11 is 0. The number of benzene rings is 1. The molecular weight excluding hydrogens is 164 g/mol. The molecule has 0 radical (unpaired) electrons. The predicted octanol–water partition coefficient (Wildman–Crippen LogP) is 0.288. The molecule has 0 bridgehead atoms. The van der Waals surface area contributed by atoms with E-state index in [9.17, 15) is 4.79 Å². The van der Waals surface area contributed by atoms with Crippen molar-refractivity contribution < 1.29 is 4.79 Å². The van der Waals surface area contributed by atoms with E-state index in [1.54, 1.807) is 6.07 Å². The smallest absolute Gasteiger partial charge is 0.265 e. The second-order valence-corrected chi connectivity index (χ2v) is 2.97. The first-order chi connectivity index (χ1) is 6.16. The van der Waals surface area contributed by atoms with Gasteiger partial charge in [0.25, 0.3) is 5.91 Å². The Balaban J connectivity index is 2.85. The first-order valence-corrected chi connectivity index (χ1v) is 3.94. The maximum absolute atomic E-state index is 11.1. The maximum atomic E-state index is 11.1. The zero-order valence-corrected chi connectivity index (χ0v) is 7.24. The van der Waals surface area contributed by atoms with Gasteiger partial charge < -0.3 is 0 Å². The van der Waals surface area contributed by atoms with Gasteiger partial charge in [0.15, 0.2) is 0 Å². The van der Waals surface area contributed by atoms with E-state index in [4.69, 9.17) is 0 Å². The van der Waals surface area contributed by atoms with Gasteiger partial charge in [-0.05, 0) is 24.6 Å². The summed E-state index contributed by atoms with van der Waals surface area (Å²) in [6, 6.07) is 5.58. The van der Waals surface area contributed by atoms with Crippen molar-refractivity contribution in [2.24, 2.45) is 9.98 Å². The number of fused-ring (bicyclic) bond motifs is 1. The first-order valence-electron chi connectivity index (χ1n) is 3.94. The van der Waals surface area contributed by atoms with Crippen LogP contribution in [0.5, 0.6) is 0 Å². The lowest BCUT2D eigenvalue weighted by molar-refractivity contribution is -0.114. The largest absolute Gasteiger partial charge is 0.295 e. The van der Waals surface area contributed by atoms with Crippen molar-refractivity contribution in [3.63, 3.8) is 0 Å². The molecule has 0 fully saturated rings. The molecule has 0 spiro atoms. The van der Waals surface area contributed by atoms with Crippen LogP contribution in [0.25, 0.3) is 0 Å². The number of carbonyl (C=O) groups is 1. The molecule has 1 aromatic carbocycles. The quantitative estimate of drug-likeness (QED) is 0.518. The molecule has 1 aromatic rings. The normalized spacial score (nSPS) is 14.5. The molecule has 2 rings (SSSR count). The van der Waals surface area contributed by atoms with Crippen molar-refractivity contribution in [3.8, 4) is 0 Å². The molecule has 13 heavy (non-hydrogen) atoms. The van der Waals surface area contributed by atoms with Crippen molar-refractivity contribution in [1.82, 2.24) is 0 Å². The van der Waals surface area contributed by atoms with Crippen molar-refractivity contribution in [2.45, 2.75) is 6.92 Å². The summed E-state index contributed by atoms with van der Waals surface area (Å²) in [5.41, 5.74) is 1.30. The number of aryl methyl sites for hydroxylation is 1. The van der Waals surface area contributed by atoms with E-state index in [1.165, 1.54) is 0 Å². The molecule has 1 amide bonds. The van der Waals surface area contributed by atoms with Gasteiger partial charge in [0, 0.05) is 0 Å². The Morgan fingerprint density at radius 1 is 1.23 bits per heavy atom. The minimum absolute atomic E-state index is 0.207. The standard InChI is InChI=1S/C10H8N2O/c1-6-3-4-8-9(5-6)11-7(2)10(13)12-8/h3-5H,2H2,1H3. The van der Waals surface area contributed by atoms with Crippen LogP contribution in [0, 0.1) is 6.92 Å². The molecule has 0 atom stereocenters. The Bertz CT molecular complexity index is 514. The van der Waals surface area contributed by atoms with E-state index in [0.29, 0.717) is 5.36 Å². The van der Waals surface area contributed by atoms with E-state index in [2.05, 4.69) is 16.6 Å². The lowest BCUT2D eigenvalue weighted by Gasteiger charge is -2.00. The monoisotopic (exact) mass is 172 g/mol. The number of hydrogen-bond acceptors (Lipinski definition) is 2. The van der Waals surface area contributed by atoms with Gasteiger partial charge in [-0.2, -0.15) is 0 Å². The topological polar surface area (TPSA) is 41.8 Å². The van der Waals surface area contributed by atoms with Crippen molar-refractivity contribution >= 4 is 5.91 Å². The van der Waals surface area contributed by atoms with E-state index >= 15 is 0 Å². The third-order valence-corrected chi connectivity index (χ3v) is 1.86. The molecule has 0 saturated carbocycles. The lowest BCUT2D eigenvalue weighted by atomic mass is 10.2. The van der Waals surface area contributed by atoms with Gasteiger partial charge in [-0.1, -0.05) is 12.6 Å². The fourth-order valence-corrected chi connectivity index (χ4v) is 1.18. The molecule has 0 N–H and O–H groups in total. The Hall–Kier alpha value is -1.77. The fourth-order valence-electron chi connectivity index (χ4n) is 1.18. The van der Waals surface area contributed by atoms with Crippen LogP contribution >= 0.6 is 0 Å². The average molecular weight is 172 g/mol. The SMILES string of the molecule is C=C1N=c2cc(C)ccc2=NC1=O. The van der Waals surface area contributed by atoms with Crippen LogP contribution in [-0.4, -0.2) is 5.91 Å². The summed E-state index contributed by atoms with van der Waals surface area (Å²) < 4.78 is 0. The molecule has 1 aliphatic heterocycles. The first kappa shape index (κ1) is 7.86. The summed E-state index contributed by atoms with van der Waals surface area (Å²) in [7, 11) is 0. The number of carbonyl (C=O) groups excluding carboxylic acids is 1. The van der Waals surface area contributed by atoms with Crippen molar-refractivity contribution in [2.75, 3.05) is 0 Å². The van der Waals surface area contributed by atoms with Crippen LogP contribution < -0.4 is 10.7 Å². The van der Waals surface area contributed by atoms with Crippen LogP contribution in [0.3, 0.4) is 0 Å². The molecule has 3 nitrogen and oxygen atoms in total. The molecule has 64 valence electrons. The second kappa shape index (κ2) is 2.62. The van der Waals surface area contributed by atoms with Crippen LogP contribution in [-0.2, 0) is 4.79 Å². The molecule has 3 heteroatoms. The highest BCUT2D eigenvalue weighted by Crippen LogP contribution is 1.97. The summed E-state index contributed by atoms with van der Waals surface area (Å²) in [4.78, 5) is 19.0. The maximum Gasteiger partial charge on any atom is 0.295 e. The average Bonchev–Trinajstić information content (AvgIpc) is 2.08. The molecule has 0 unspecified atom stereocenters. The van der Waals surface area contributed by atoms with Gasteiger partial charge >= 0.3 is 0 Å². The van der Waals surface area contributed by atoms with Crippen LogP contribution in [0.1, 0.15) is 5.56 Å². The van der Waals surface area contributed by atoms with Crippen LogP contribution in [0.15, 0.2) is 40.5 Å². The molecule has 0 aromatic heterocycles. The van der Waals surface area contributed by atoms with Crippen molar-refractivity contribution in [1.29, 1.82) is 0 Å². The second-order valence-electron chi connectivity index (χ2n) is 2.97.